The maximum Gasteiger partial charge on any atom is 2.00 e. The van der Waals surface area contributed by atoms with Crippen LogP contribution in [-0.4, -0.2) is 28.6 Å². The molecule has 0 saturated heterocycles. The Balaban J connectivity index is -0.000000240. The summed E-state index contributed by atoms with van der Waals surface area (Å²) in [6, 6.07) is 0. The molecule has 0 aromatic carbocycles. The fourth-order valence-corrected chi connectivity index (χ4v) is 0.684. The molecule has 0 amide bonds. The van der Waals surface area contributed by atoms with Crippen molar-refractivity contribution in [1.82, 2.24) is 0 Å². The second kappa shape index (κ2) is 12.2. The minimum absolute atomic E-state index is 0. The van der Waals surface area contributed by atoms with Crippen LogP contribution in [0.1, 0.15) is 12.8 Å². The summed E-state index contributed by atoms with van der Waals surface area (Å²) in [6.07, 6.45) is -2.72. The van der Waals surface area contributed by atoms with Crippen molar-refractivity contribution in [2.45, 2.75) is 18.4 Å². The molecule has 0 aliphatic heterocycles. The molecule has 0 aliphatic carbocycles. The standard InChI is InChI=1S/C6H8O7.Cu.2K/c7-3(8)1-6(13,5(11)12)2-4(9)10;;;/h13H,1-2H2,(H,7,8)(H,9,10)(H,11,12);;;/q;+2;2*+1/p-3. The van der Waals surface area contributed by atoms with E-state index in [0.29, 0.717) is 0 Å². The van der Waals surface area contributed by atoms with Crippen LogP contribution in [0.25, 0.3) is 0 Å². The molecule has 0 unspecified atom stereocenters. The average molecular weight is 331 g/mol. The summed E-state index contributed by atoms with van der Waals surface area (Å²) in [7, 11) is 0. The first-order valence-electron chi connectivity index (χ1n) is 3.11. The maximum absolute atomic E-state index is 10.1. The second-order valence-electron chi connectivity index (χ2n) is 2.42. The average Bonchev–Trinajstić information content (AvgIpc) is 1.82. The molecule has 1 N–H and O–H groups in total. The number of carboxylic acids is 3. The summed E-state index contributed by atoms with van der Waals surface area (Å²) in [5.74, 6) is -5.98. The van der Waals surface area contributed by atoms with E-state index in [0.717, 1.165) is 0 Å². The molecule has 16 heavy (non-hydrogen) atoms. The maximum atomic E-state index is 10.1. The number of aliphatic hydroxyl groups is 1. The van der Waals surface area contributed by atoms with Crippen molar-refractivity contribution in [3.8, 4) is 0 Å². The fourth-order valence-electron chi connectivity index (χ4n) is 0.684. The Morgan fingerprint density at radius 2 is 1.19 bits per heavy atom. The van der Waals surface area contributed by atoms with Gasteiger partial charge in [0.15, 0.2) is 0 Å². The van der Waals surface area contributed by atoms with Crippen molar-refractivity contribution >= 4 is 17.9 Å². The third-order valence-corrected chi connectivity index (χ3v) is 1.25. The van der Waals surface area contributed by atoms with E-state index in [4.69, 9.17) is 5.11 Å². The first kappa shape index (κ1) is 26.7. The van der Waals surface area contributed by atoms with Crippen LogP contribution in [-0.2, 0) is 31.5 Å². The van der Waals surface area contributed by atoms with Crippen molar-refractivity contribution in [3.05, 3.63) is 0 Å². The zero-order chi connectivity index (χ0) is 10.6. The van der Waals surface area contributed by atoms with Crippen LogP contribution in [0.5, 0.6) is 0 Å². The molecule has 0 saturated carbocycles. The number of aliphatic carboxylic acids is 3. The zero-order valence-corrected chi connectivity index (χ0v) is 15.8. The summed E-state index contributed by atoms with van der Waals surface area (Å²) in [5.41, 5.74) is -2.97. The number of carboxylic acid groups (broad SMARTS) is 3. The van der Waals surface area contributed by atoms with Crippen molar-refractivity contribution in [2.75, 3.05) is 0 Å². The first-order valence-corrected chi connectivity index (χ1v) is 3.11. The Hall–Kier alpha value is 2.16. The topological polar surface area (TPSA) is 141 Å². The van der Waals surface area contributed by atoms with Gasteiger partial charge in [0.05, 0.1) is 5.97 Å². The van der Waals surface area contributed by atoms with E-state index in [9.17, 15) is 29.7 Å². The molecule has 0 aromatic heterocycles. The van der Waals surface area contributed by atoms with Crippen LogP contribution in [0.15, 0.2) is 0 Å². The van der Waals surface area contributed by atoms with Crippen LogP contribution in [0.4, 0.5) is 0 Å². The molecule has 0 fully saturated rings. The van der Waals surface area contributed by atoms with E-state index < -0.39 is 36.4 Å². The third-order valence-electron chi connectivity index (χ3n) is 1.25. The molecule has 0 aromatic rings. The monoisotopic (exact) mass is 330 g/mol. The van der Waals surface area contributed by atoms with Gasteiger partial charge in [0, 0.05) is 24.8 Å². The van der Waals surface area contributed by atoms with Crippen LogP contribution in [0.3, 0.4) is 0 Å². The van der Waals surface area contributed by atoms with Crippen molar-refractivity contribution in [3.63, 3.8) is 0 Å². The van der Waals surface area contributed by atoms with Gasteiger partial charge < -0.3 is 34.8 Å². The molecular formula is C6H5CuK2O7+. The predicted molar refractivity (Wildman–Crippen MR) is 29.2 cm³/mol. The molecular weight excluding hydrogens is 326 g/mol. The molecule has 0 bridgehead atoms. The van der Waals surface area contributed by atoms with Crippen molar-refractivity contribution in [1.29, 1.82) is 0 Å². The number of carbonyl (C=O) groups is 3. The molecule has 83 valence electrons. The van der Waals surface area contributed by atoms with Gasteiger partial charge in [-0.1, -0.05) is 0 Å². The Bertz CT molecular complexity index is 241. The van der Waals surface area contributed by atoms with E-state index in [1.54, 1.807) is 0 Å². The number of carbonyl (C=O) groups excluding carboxylic acids is 3. The fraction of sp³-hybridized carbons (Fsp3) is 0.500. The van der Waals surface area contributed by atoms with Gasteiger partial charge in [0.2, 0.25) is 0 Å². The largest absolute Gasteiger partial charge is 2.00 e. The van der Waals surface area contributed by atoms with Crippen LogP contribution in [0.2, 0.25) is 0 Å². The Labute approximate surface area is 187 Å². The Morgan fingerprint density at radius 3 is 1.31 bits per heavy atom. The van der Waals surface area contributed by atoms with Gasteiger partial charge in [-0.2, -0.15) is 0 Å². The van der Waals surface area contributed by atoms with Crippen molar-refractivity contribution < 1.29 is 155 Å². The van der Waals surface area contributed by atoms with E-state index in [-0.39, 0.29) is 120 Å². The molecule has 0 spiro atoms. The van der Waals surface area contributed by atoms with Gasteiger partial charge in [-0.3, -0.25) is 0 Å². The third kappa shape index (κ3) is 11.3. The second-order valence-corrected chi connectivity index (χ2v) is 2.42. The molecule has 1 radical (unpaired) electrons. The number of rotatable bonds is 5. The van der Waals surface area contributed by atoms with Gasteiger partial charge in [0.1, 0.15) is 5.60 Å². The van der Waals surface area contributed by atoms with E-state index in [1.807, 2.05) is 0 Å². The smallest absolute Gasteiger partial charge is 0.550 e. The summed E-state index contributed by atoms with van der Waals surface area (Å²) >= 11 is 0. The molecule has 0 atom stereocenters. The minimum atomic E-state index is -2.97. The summed E-state index contributed by atoms with van der Waals surface area (Å²) in [5, 5.41) is 38.9. The SMILES string of the molecule is O=C([O-])CC(O)(CC(=O)[O-])C(=O)[O-].[Cu+2].[K+].[K+]. The minimum Gasteiger partial charge on any atom is -0.550 e. The van der Waals surface area contributed by atoms with Crippen molar-refractivity contribution in [2.24, 2.45) is 0 Å². The molecule has 0 aliphatic rings. The van der Waals surface area contributed by atoms with Gasteiger partial charge in [0.25, 0.3) is 0 Å². The van der Waals surface area contributed by atoms with Crippen LogP contribution in [0, 0.1) is 0 Å². The van der Waals surface area contributed by atoms with Gasteiger partial charge in [-0.15, -0.1) is 0 Å². The normalized spacial score (nSPS) is 8.81. The zero-order valence-electron chi connectivity index (χ0n) is 8.61. The Kier molecular flexibility index (Phi) is 20.4. The van der Waals surface area contributed by atoms with E-state index in [2.05, 4.69) is 0 Å². The molecule has 0 heterocycles. The molecule has 0 rings (SSSR count). The molecule has 7 nitrogen and oxygen atoms in total. The van der Waals surface area contributed by atoms with E-state index in [1.165, 1.54) is 0 Å². The summed E-state index contributed by atoms with van der Waals surface area (Å²) < 4.78 is 0. The molecule has 10 heteroatoms. The van der Waals surface area contributed by atoms with E-state index >= 15 is 0 Å². The van der Waals surface area contributed by atoms with Gasteiger partial charge in [-0.25, -0.2) is 0 Å². The number of hydrogen-bond donors (Lipinski definition) is 1. The van der Waals surface area contributed by atoms with Gasteiger partial charge >= 0.3 is 120 Å². The van der Waals surface area contributed by atoms with Gasteiger partial charge in [-0.05, 0) is 0 Å². The Morgan fingerprint density at radius 1 is 0.938 bits per heavy atom. The number of hydrogen-bond acceptors (Lipinski definition) is 7. The predicted octanol–water partition coefficient (Wildman–Crippen LogP) is -11.2. The van der Waals surface area contributed by atoms with Crippen LogP contribution < -0.4 is 118 Å². The van der Waals surface area contributed by atoms with Crippen LogP contribution >= 0.6 is 0 Å². The quantitative estimate of drug-likeness (QED) is 0.493. The first-order chi connectivity index (χ1) is 5.78. The summed E-state index contributed by atoms with van der Waals surface area (Å²) in [4.78, 5) is 30.0. The summed E-state index contributed by atoms with van der Waals surface area (Å²) in [6.45, 7) is 0.